The van der Waals surface area contributed by atoms with Crippen LogP contribution < -0.4 is 0 Å². The first kappa shape index (κ1) is 10.2. The number of para-hydroxylation sites is 2. The van der Waals surface area contributed by atoms with E-state index in [9.17, 15) is 0 Å². The van der Waals surface area contributed by atoms with Crippen LogP contribution in [0.1, 0.15) is 32.6 Å². The lowest BCUT2D eigenvalue weighted by molar-refractivity contribution is 0.589. The van der Waals surface area contributed by atoms with Crippen molar-refractivity contribution in [2.24, 2.45) is 0 Å². The monoisotopic (exact) mass is 201 g/mol. The predicted octanol–water partition coefficient (Wildman–Crippen LogP) is 3.42. The fourth-order valence-corrected chi connectivity index (χ4v) is 1.82. The third-order valence-electron chi connectivity index (χ3n) is 2.70. The van der Waals surface area contributed by atoms with Gasteiger partial charge in [0.15, 0.2) is 6.33 Å². The molecule has 0 amide bonds. The molecule has 0 bridgehead atoms. The van der Waals surface area contributed by atoms with E-state index >= 15 is 0 Å². The Morgan fingerprint density at radius 3 is 2.93 bits per heavy atom. The van der Waals surface area contributed by atoms with Crippen molar-refractivity contribution in [3.05, 3.63) is 30.6 Å². The van der Waals surface area contributed by atoms with Crippen LogP contribution in [0, 0.1) is 6.33 Å². The van der Waals surface area contributed by atoms with E-state index in [0.717, 1.165) is 12.1 Å². The third kappa shape index (κ3) is 2.38. The first-order valence-corrected chi connectivity index (χ1v) is 5.75. The summed E-state index contributed by atoms with van der Waals surface area (Å²) >= 11 is 0. The Labute approximate surface area is 90.9 Å². The Morgan fingerprint density at radius 1 is 1.20 bits per heavy atom. The molecule has 15 heavy (non-hydrogen) atoms. The molecule has 2 nitrogen and oxygen atoms in total. The van der Waals surface area contributed by atoms with E-state index in [2.05, 4.69) is 34.9 Å². The summed E-state index contributed by atoms with van der Waals surface area (Å²) in [5, 5.41) is 0. The average molecular weight is 201 g/mol. The van der Waals surface area contributed by atoms with Crippen molar-refractivity contribution in [3.63, 3.8) is 0 Å². The average Bonchev–Trinajstić information content (AvgIpc) is 2.68. The van der Waals surface area contributed by atoms with Gasteiger partial charge in [0.2, 0.25) is 0 Å². The number of rotatable bonds is 5. The number of nitrogens with zero attached hydrogens (tertiary/aromatic N) is 2. The molecule has 1 radical (unpaired) electrons. The largest absolute Gasteiger partial charge is 0.321 e. The van der Waals surface area contributed by atoms with Crippen LogP contribution in [-0.2, 0) is 6.54 Å². The maximum atomic E-state index is 4.26. The molecule has 79 valence electrons. The maximum absolute atomic E-state index is 4.26. The summed E-state index contributed by atoms with van der Waals surface area (Å²) in [6.45, 7) is 3.28. The van der Waals surface area contributed by atoms with E-state index in [-0.39, 0.29) is 0 Å². The molecule has 0 aliphatic rings. The highest BCUT2D eigenvalue weighted by Gasteiger charge is 2.00. The molecule has 0 spiro atoms. The number of hydrogen-bond acceptors (Lipinski definition) is 1. The zero-order valence-electron chi connectivity index (χ0n) is 9.24. The fourth-order valence-electron chi connectivity index (χ4n) is 1.82. The van der Waals surface area contributed by atoms with Crippen LogP contribution in [0.15, 0.2) is 24.3 Å². The molecule has 0 fully saturated rings. The van der Waals surface area contributed by atoms with Crippen molar-refractivity contribution in [1.82, 2.24) is 9.55 Å². The zero-order valence-corrected chi connectivity index (χ0v) is 9.24. The van der Waals surface area contributed by atoms with Crippen molar-refractivity contribution in [2.75, 3.05) is 0 Å². The quantitative estimate of drug-likeness (QED) is 0.678. The van der Waals surface area contributed by atoms with E-state index < -0.39 is 0 Å². The van der Waals surface area contributed by atoms with Crippen LogP contribution in [0.3, 0.4) is 0 Å². The molecule has 0 atom stereocenters. The molecule has 1 heterocycles. The molecule has 0 unspecified atom stereocenters. The van der Waals surface area contributed by atoms with Crippen molar-refractivity contribution < 1.29 is 0 Å². The summed E-state index contributed by atoms with van der Waals surface area (Å²) in [4.78, 5) is 4.26. The molecule has 0 aliphatic carbocycles. The standard InChI is InChI=1S/C13H17N2/c1-2-3-4-7-10-15-11-14-12-8-5-6-9-13(12)15/h5-6,8-9H,2-4,7,10H2,1H3. The molecule has 0 saturated carbocycles. The highest BCUT2D eigenvalue weighted by Crippen LogP contribution is 2.12. The van der Waals surface area contributed by atoms with Gasteiger partial charge in [0.1, 0.15) is 0 Å². The van der Waals surface area contributed by atoms with Gasteiger partial charge in [-0.25, -0.2) is 4.98 Å². The van der Waals surface area contributed by atoms with Gasteiger partial charge >= 0.3 is 0 Å². The summed E-state index contributed by atoms with van der Waals surface area (Å²) in [5.41, 5.74) is 2.25. The normalized spacial score (nSPS) is 11.0. The molecule has 2 heteroatoms. The van der Waals surface area contributed by atoms with Gasteiger partial charge in [-0.2, -0.15) is 0 Å². The van der Waals surface area contributed by atoms with Crippen molar-refractivity contribution in [3.8, 4) is 0 Å². The fraction of sp³-hybridized carbons (Fsp3) is 0.462. The van der Waals surface area contributed by atoms with Crippen molar-refractivity contribution in [2.45, 2.75) is 39.2 Å². The van der Waals surface area contributed by atoms with Gasteiger partial charge < -0.3 is 4.57 Å². The molecular weight excluding hydrogens is 184 g/mol. The highest BCUT2D eigenvalue weighted by molar-refractivity contribution is 5.74. The minimum atomic E-state index is 1.04. The first-order chi connectivity index (χ1) is 7.42. The van der Waals surface area contributed by atoms with Crippen LogP contribution in [-0.4, -0.2) is 9.55 Å². The molecule has 0 saturated heterocycles. The molecule has 2 rings (SSSR count). The molecule has 0 aliphatic heterocycles. The van der Waals surface area contributed by atoms with Gasteiger partial charge in [-0.05, 0) is 18.6 Å². The molecule has 1 aromatic heterocycles. The number of hydrogen-bond donors (Lipinski definition) is 0. The predicted molar refractivity (Wildman–Crippen MR) is 62.7 cm³/mol. The second-order valence-electron chi connectivity index (χ2n) is 3.91. The summed E-state index contributed by atoms with van der Waals surface area (Å²) in [6, 6.07) is 8.22. The van der Waals surface area contributed by atoms with Crippen LogP contribution in [0.4, 0.5) is 0 Å². The Hall–Kier alpha value is -1.31. The summed E-state index contributed by atoms with van der Waals surface area (Å²) in [6.07, 6.45) is 8.20. The smallest absolute Gasteiger partial charge is 0.177 e. The van der Waals surface area contributed by atoms with E-state index in [4.69, 9.17) is 0 Å². The molecule has 1 aromatic carbocycles. The van der Waals surface area contributed by atoms with Gasteiger partial charge in [0.05, 0.1) is 11.0 Å². The number of aromatic nitrogens is 2. The third-order valence-corrected chi connectivity index (χ3v) is 2.70. The Bertz CT molecular complexity index is 417. The lowest BCUT2D eigenvalue weighted by Gasteiger charge is -2.02. The maximum Gasteiger partial charge on any atom is 0.177 e. The van der Waals surface area contributed by atoms with Crippen LogP contribution >= 0.6 is 0 Å². The number of unbranched alkanes of at least 4 members (excludes halogenated alkanes) is 3. The summed E-state index contributed by atoms with van der Waals surface area (Å²) in [5.74, 6) is 0. The van der Waals surface area contributed by atoms with E-state index in [1.54, 1.807) is 0 Å². The second-order valence-corrected chi connectivity index (χ2v) is 3.91. The van der Waals surface area contributed by atoms with Gasteiger partial charge in [-0.15, -0.1) is 0 Å². The first-order valence-electron chi connectivity index (χ1n) is 5.75. The van der Waals surface area contributed by atoms with Crippen molar-refractivity contribution in [1.29, 1.82) is 0 Å². The second kappa shape index (κ2) is 4.96. The van der Waals surface area contributed by atoms with Crippen LogP contribution in [0.25, 0.3) is 11.0 Å². The minimum Gasteiger partial charge on any atom is -0.321 e. The number of benzene rings is 1. The van der Waals surface area contributed by atoms with Gasteiger partial charge in [-0.3, -0.25) is 0 Å². The van der Waals surface area contributed by atoms with E-state index in [1.165, 1.54) is 31.2 Å². The van der Waals surface area contributed by atoms with Crippen LogP contribution in [0.2, 0.25) is 0 Å². The van der Waals surface area contributed by atoms with E-state index in [0.29, 0.717) is 0 Å². The lowest BCUT2D eigenvalue weighted by atomic mass is 10.2. The number of imidazole rings is 1. The van der Waals surface area contributed by atoms with Gasteiger partial charge in [0.25, 0.3) is 0 Å². The molecular formula is C13H17N2. The van der Waals surface area contributed by atoms with Crippen LogP contribution in [0.5, 0.6) is 0 Å². The Balaban J connectivity index is 2.02. The van der Waals surface area contributed by atoms with Gasteiger partial charge in [0, 0.05) is 6.54 Å². The molecule has 0 N–H and O–H groups in total. The topological polar surface area (TPSA) is 17.8 Å². The Morgan fingerprint density at radius 2 is 2.07 bits per heavy atom. The highest BCUT2D eigenvalue weighted by atomic mass is 15.0. The summed E-state index contributed by atoms with van der Waals surface area (Å²) in [7, 11) is 0. The van der Waals surface area contributed by atoms with Crippen molar-refractivity contribution >= 4 is 11.0 Å². The lowest BCUT2D eigenvalue weighted by Crippen LogP contribution is -1.96. The number of fused-ring (bicyclic) bond motifs is 1. The van der Waals surface area contributed by atoms with E-state index in [1.807, 2.05) is 12.1 Å². The Kier molecular flexibility index (Phi) is 3.38. The number of aryl methyl sites for hydroxylation is 1. The zero-order chi connectivity index (χ0) is 10.5. The molecule has 2 aromatic rings. The summed E-state index contributed by atoms with van der Waals surface area (Å²) < 4.78 is 2.13. The minimum absolute atomic E-state index is 1.04. The van der Waals surface area contributed by atoms with Gasteiger partial charge in [-0.1, -0.05) is 38.3 Å². The SMILES string of the molecule is CCCCCCn1[c]nc2ccccc21.